The highest BCUT2D eigenvalue weighted by Gasteiger charge is 2.43. The summed E-state index contributed by atoms with van der Waals surface area (Å²) in [7, 11) is 0. The van der Waals surface area contributed by atoms with Crippen LogP contribution in [0.4, 0.5) is 0 Å². The molecule has 0 heterocycles. The van der Waals surface area contributed by atoms with E-state index in [1.54, 1.807) is 0 Å². The van der Waals surface area contributed by atoms with E-state index in [0.717, 1.165) is 32.1 Å². The molecule has 0 bridgehead atoms. The van der Waals surface area contributed by atoms with Gasteiger partial charge in [0.1, 0.15) is 5.60 Å². The molecule has 1 aliphatic rings. The summed E-state index contributed by atoms with van der Waals surface area (Å²) in [5.74, 6) is 0.521. The zero-order chi connectivity index (χ0) is 14.5. The molecule has 112 valence electrons. The Labute approximate surface area is 119 Å². The highest BCUT2D eigenvalue weighted by Crippen LogP contribution is 2.42. The molecular weight excluding hydrogens is 236 g/mol. The molecule has 0 N–H and O–H groups in total. The number of rotatable bonds is 6. The summed E-state index contributed by atoms with van der Waals surface area (Å²) in [6.07, 6.45) is 8.87. The van der Waals surface area contributed by atoms with Gasteiger partial charge in [-0.15, -0.1) is 0 Å². The SMILES string of the molecule is CCC(CC)C1(OC(=O)C(C)(C)CC)CCCCC1. The van der Waals surface area contributed by atoms with Crippen molar-refractivity contribution < 1.29 is 9.53 Å². The van der Waals surface area contributed by atoms with E-state index in [2.05, 4.69) is 20.8 Å². The fraction of sp³-hybridized carbons (Fsp3) is 0.941. The lowest BCUT2D eigenvalue weighted by molar-refractivity contribution is -0.182. The van der Waals surface area contributed by atoms with Crippen LogP contribution < -0.4 is 0 Å². The first-order valence-corrected chi connectivity index (χ1v) is 8.15. The number of ether oxygens (including phenoxy) is 1. The smallest absolute Gasteiger partial charge is 0.312 e. The molecule has 0 radical (unpaired) electrons. The molecule has 1 fully saturated rings. The largest absolute Gasteiger partial charge is 0.458 e. The fourth-order valence-corrected chi connectivity index (χ4v) is 3.24. The van der Waals surface area contributed by atoms with Crippen LogP contribution in [0.25, 0.3) is 0 Å². The van der Waals surface area contributed by atoms with Crippen LogP contribution in [-0.4, -0.2) is 11.6 Å². The second-order valence-corrected chi connectivity index (χ2v) is 6.77. The van der Waals surface area contributed by atoms with Gasteiger partial charge in [0.2, 0.25) is 0 Å². The molecule has 0 aromatic heterocycles. The number of carbonyl (C=O) groups excluding carboxylic acids is 1. The molecule has 0 spiro atoms. The van der Waals surface area contributed by atoms with E-state index in [0.29, 0.717) is 5.92 Å². The molecule has 1 aliphatic carbocycles. The summed E-state index contributed by atoms with van der Waals surface area (Å²) in [4.78, 5) is 12.5. The highest BCUT2D eigenvalue weighted by molar-refractivity contribution is 5.76. The van der Waals surface area contributed by atoms with Crippen molar-refractivity contribution in [3.8, 4) is 0 Å². The molecule has 1 saturated carbocycles. The van der Waals surface area contributed by atoms with Crippen molar-refractivity contribution in [2.45, 2.75) is 91.6 Å². The van der Waals surface area contributed by atoms with Gasteiger partial charge in [-0.25, -0.2) is 0 Å². The zero-order valence-electron chi connectivity index (χ0n) is 13.6. The third-order valence-electron chi connectivity index (χ3n) is 5.16. The van der Waals surface area contributed by atoms with Crippen LogP contribution in [0.15, 0.2) is 0 Å². The third-order valence-corrected chi connectivity index (χ3v) is 5.16. The van der Waals surface area contributed by atoms with Gasteiger partial charge in [-0.3, -0.25) is 4.79 Å². The van der Waals surface area contributed by atoms with Crippen molar-refractivity contribution in [2.24, 2.45) is 11.3 Å². The number of hydrogen-bond donors (Lipinski definition) is 0. The first kappa shape index (κ1) is 16.5. The molecule has 0 aromatic rings. The van der Waals surface area contributed by atoms with Crippen LogP contribution in [0.1, 0.15) is 86.0 Å². The lowest BCUT2D eigenvalue weighted by Crippen LogP contribution is -2.46. The van der Waals surface area contributed by atoms with Crippen molar-refractivity contribution in [2.75, 3.05) is 0 Å². The van der Waals surface area contributed by atoms with Crippen LogP contribution in [0.5, 0.6) is 0 Å². The van der Waals surface area contributed by atoms with E-state index in [1.165, 1.54) is 19.3 Å². The predicted molar refractivity (Wildman–Crippen MR) is 80.1 cm³/mol. The van der Waals surface area contributed by atoms with E-state index in [9.17, 15) is 4.79 Å². The Morgan fingerprint density at radius 2 is 1.63 bits per heavy atom. The average molecular weight is 268 g/mol. The topological polar surface area (TPSA) is 26.3 Å². The lowest BCUT2D eigenvalue weighted by Gasteiger charge is -2.44. The minimum Gasteiger partial charge on any atom is -0.458 e. The highest BCUT2D eigenvalue weighted by atomic mass is 16.6. The normalized spacial score (nSPS) is 19.5. The summed E-state index contributed by atoms with van der Waals surface area (Å²) in [5, 5.41) is 0. The molecule has 0 saturated heterocycles. The average Bonchev–Trinajstić information content (AvgIpc) is 2.41. The first-order chi connectivity index (χ1) is 8.91. The standard InChI is InChI=1S/C17H32O2/c1-6-14(7-2)17(12-10-9-11-13-17)19-15(18)16(4,5)8-3/h14H,6-13H2,1-5H3. The molecule has 0 aromatic carbocycles. The van der Waals surface area contributed by atoms with Gasteiger partial charge in [0, 0.05) is 0 Å². The summed E-state index contributed by atoms with van der Waals surface area (Å²) in [6, 6.07) is 0. The van der Waals surface area contributed by atoms with E-state index >= 15 is 0 Å². The number of hydrogen-bond acceptors (Lipinski definition) is 2. The van der Waals surface area contributed by atoms with Crippen molar-refractivity contribution in [1.82, 2.24) is 0 Å². The summed E-state index contributed by atoms with van der Waals surface area (Å²) >= 11 is 0. The molecule has 1 rings (SSSR count). The summed E-state index contributed by atoms with van der Waals surface area (Å²) < 4.78 is 6.14. The quantitative estimate of drug-likeness (QED) is 0.626. The van der Waals surface area contributed by atoms with Crippen LogP contribution in [0.2, 0.25) is 0 Å². The minimum atomic E-state index is -0.351. The zero-order valence-corrected chi connectivity index (χ0v) is 13.6. The molecule has 2 nitrogen and oxygen atoms in total. The maximum Gasteiger partial charge on any atom is 0.312 e. The van der Waals surface area contributed by atoms with Gasteiger partial charge in [0.25, 0.3) is 0 Å². The van der Waals surface area contributed by atoms with Crippen LogP contribution in [0, 0.1) is 11.3 Å². The summed E-state index contributed by atoms with van der Waals surface area (Å²) in [5.41, 5.74) is -0.526. The van der Waals surface area contributed by atoms with Crippen molar-refractivity contribution in [1.29, 1.82) is 0 Å². The van der Waals surface area contributed by atoms with Gasteiger partial charge >= 0.3 is 5.97 Å². The van der Waals surface area contributed by atoms with Gasteiger partial charge in [0.05, 0.1) is 5.41 Å². The Morgan fingerprint density at radius 1 is 1.11 bits per heavy atom. The molecule has 0 amide bonds. The van der Waals surface area contributed by atoms with Gasteiger partial charge in [-0.2, -0.15) is 0 Å². The van der Waals surface area contributed by atoms with E-state index in [1.807, 2.05) is 13.8 Å². The third kappa shape index (κ3) is 3.73. The summed E-state index contributed by atoms with van der Waals surface area (Å²) in [6.45, 7) is 10.5. The van der Waals surface area contributed by atoms with Gasteiger partial charge < -0.3 is 4.74 Å². The molecule has 0 aliphatic heterocycles. The molecule has 2 heteroatoms. The Kier molecular flexibility index (Phi) is 5.88. The van der Waals surface area contributed by atoms with E-state index in [4.69, 9.17) is 4.74 Å². The maximum absolute atomic E-state index is 12.5. The fourth-order valence-electron chi connectivity index (χ4n) is 3.24. The monoisotopic (exact) mass is 268 g/mol. The lowest BCUT2D eigenvalue weighted by atomic mass is 9.73. The molecule has 19 heavy (non-hydrogen) atoms. The molecule has 0 unspecified atom stereocenters. The van der Waals surface area contributed by atoms with Gasteiger partial charge in [0.15, 0.2) is 0 Å². The van der Waals surface area contributed by atoms with Crippen molar-refractivity contribution >= 4 is 5.97 Å². The van der Waals surface area contributed by atoms with Gasteiger partial charge in [-0.05, 0) is 64.7 Å². The van der Waals surface area contributed by atoms with Crippen LogP contribution in [0.3, 0.4) is 0 Å². The second kappa shape index (κ2) is 6.76. The van der Waals surface area contributed by atoms with Crippen molar-refractivity contribution in [3.05, 3.63) is 0 Å². The van der Waals surface area contributed by atoms with E-state index < -0.39 is 0 Å². The molecular formula is C17H32O2. The Balaban J connectivity index is 2.89. The van der Waals surface area contributed by atoms with Crippen LogP contribution in [-0.2, 0) is 9.53 Å². The maximum atomic E-state index is 12.5. The van der Waals surface area contributed by atoms with Crippen molar-refractivity contribution in [3.63, 3.8) is 0 Å². The second-order valence-electron chi connectivity index (χ2n) is 6.77. The molecule has 0 atom stereocenters. The number of esters is 1. The van der Waals surface area contributed by atoms with Gasteiger partial charge in [-0.1, -0.05) is 27.2 Å². The Morgan fingerprint density at radius 3 is 2.05 bits per heavy atom. The minimum absolute atomic E-state index is 0.00352. The van der Waals surface area contributed by atoms with Crippen LogP contribution >= 0.6 is 0 Å². The predicted octanol–water partition coefficient (Wildman–Crippen LogP) is 5.10. The van der Waals surface area contributed by atoms with E-state index in [-0.39, 0.29) is 17.0 Å². The Hall–Kier alpha value is -0.530. The number of carbonyl (C=O) groups is 1. The first-order valence-electron chi connectivity index (χ1n) is 8.15. The Bertz CT molecular complexity index is 284.